The first-order chi connectivity index (χ1) is 7.26. The van der Waals surface area contributed by atoms with Crippen molar-refractivity contribution < 1.29 is 5.11 Å². The van der Waals surface area contributed by atoms with Gasteiger partial charge in [-0.2, -0.15) is 12.6 Å². The first kappa shape index (κ1) is 13.4. The summed E-state index contributed by atoms with van der Waals surface area (Å²) >= 11 is 4.52. The van der Waals surface area contributed by atoms with E-state index in [9.17, 15) is 5.11 Å². The zero-order valence-corrected chi connectivity index (χ0v) is 11.5. The van der Waals surface area contributed by atoms with E-state index >= 15 is 0 Å². The van der Waals surface area contributed by atoms with Crippen LogP contribution < -0.4 is 0 Å². The Morgan fingerprint density at radius 2 is 1.75 bits per heavy atom. The van der Waals surface area contributed by atoms with Crippen LogP contribution in [0.15, 0.2) is 18.2 Å². The van der Waals surface area contributed by atoms with Crippen LogP contribution in [-0.2, 0) is 12.8 Å². The standard InChI is InChI=1S/C14H22OS/c1-10(2)5-11-6-12(8-13(15)7-11)9-14(3,4)16/h6-8,10,15-16H,5,9H2,1-4H3. The molecule has 0 amide bonds. The van der Waals surface area contributed by atoms with Crippen LogP contribution in [0.5, 0.6) is 5.75 Å². The van der Waals surface area contributed by atoms with E-state index in [0.717, 1.165) is 18.4 Å². The Bertz CT molecular complexity index is 350. The zero-order valence-electron chi connectivity index (χ0n) is 10.6. The number of hydrogen-bond donors (Lipinski definition) is 2. The van der Waals surface area contributed by atoms with Crippen molar-refractivity contribution in [2.75, 3.05) is 0 Å². The Kier molecular flexibility index (Phi) is 4.31. The van der Waals surface area contributed by atoms with Crippen molar-refractivity contribution in [2.24, 2.45) is 5.92 Å². The molecule has 0 unspecified atom stereocenters. The lowest BCUT2D eigenvalue weighted by Crippen LogP contribution is -2.14. The molecule has 0 fully saturated rings. The first-order valence-corrected chi connectivity index (χ1v) is 6.25. The maximum absolute atomic E-state index is 9.68. The van der Waals surface area contributed by atoms with Crippen LogP contribution in [0.2, 0.25) is 0 Å². The molecule has 0 saturated heterocycles. The van der Waals surface area contributed by atoms with Crippen molar-refractivity contribution in [2.45, 2.75) is 45.3 Å². The molecule has 0 atom stereocenters. The molecule has 1 aromatic carbocycles. The van der Waals surface area contributed by atoms with Crippen molar-refractivity contribution in [3.8, 4) is 5.75 Å². The molecule has 1 aromatic rings. The van der Waals surface area contributed by atoms with Gasteiger partial charge in [-0.15, -0.1) is 0 Å². The summed E-state index contributed by atoms with van der Waals surface area (Å²) in [5.41, 5.74) is 2.37. The third-order valence-electron chi connectivity index (χ3n) is 2.32. The van der Waals surface area contributed by atoms with Crippen LogP contribution in [0.4, 0.5) is 0 Å². The summed E-state index contributed by atoms with van der Waals surface area (Å²) < 4.78 is -0.0388. The molecule has 0 spiro atoms. The summed E-state index contributed by atoms with van der Waals surface area (Å²) in [6.45, 7) is 8.54. The van der Waals surface area contributed by atoms with Crippen LogP contribution in [0.3, 0.4) is 0 Å². The second-order valence-corrected chi connectivity index (χ2v) is 6.81. The number of phenolic OH excluding ortho intramolecular Hbond substituents is 1. The Morgan fingerprint density at radius 1 is 1.19 bits per heavy atom. The van der Waals surface area contributed by atoms with E-state index in [1.165, 1.54) is 5.56 Å². The van der Waals surface area contributed by atoms with E-state index in [-0.39, 0.29) is 4.75 Å². The molecule has 16 heavy (non-hydrogen) atoms. The Morgan fingerprint density at radius 3 is 2.25 bits per heavy atom. The molecule has 0 saturated carbocycles. The number of thiol groups is 1. The van der Waals surface area contributed by atoms with E-state index < -0.39 is 0 Å². The van der Waals surface area contributed by atoms with E-state index in [1.54, 1.807) is 0 Å². The summed E-state index contributed by atoms with van der Waals surface area (Å²) in [7, 11) is 0. The molecule has 1 nitrogen and oxygen atoms in total. The normalized spacial score (nSPS) is 12.1. The van der Waals surface area contributed by atoms with Gasteiger partial charge < -0.3 is 5.11 Å². The average molecular weight is 238 g/mol. The minimum Gasteiger partial charge on any atom is -0.508 e. The molecule has 90 valence electrons. The summed E-state index contributed by atoms with van der Waals surface area (Å²) in [5.74, 6) is 0.976. The minimum absolute atomic E-state index is 0.0388. The highest BCUT2D eigenvalue weighted by Crippen LogP contribution is 2.24. The van der Waals surface area contributed by atoms with Crippen molar-refractivity contribution in [3.63, 3.8) is 0 Å². The lowest BCUT2D eigenvalue weighted by atomic mass is 9.96. The monoisotopic (exact) mass is 238 g/mol. The molecule has 0 heterocycles. The fraction of sp³-hybridized carbons (Fsp3) is 0.571. The molecular weight excluding hydrogens is 216 g/mol. The lowest BCUT2D eigenvalue weighted by molar-refractivity contribution is 0.472. The lowest BCUT2D eigenvalue weighted by Gasteiger charge is -2.18. The molecule has 1 rings (SSSR count). The number of benzene rings is 1. The van der Waals surface area contributed by atoms with E-state index in [1.807, 2.05) is 12.1 Å². The fourth-order valence-corrected chi connectivity index (χ4v) is 2.12. The van der Waals surface area contributed by atoms with E-state index in [0.29, 0.717) is 11.7 Å². The van der Waals surface area contributed by atoms with Gasteiger partial charge in [0, 0.05) is 4.75 Å². The van der Waals surface area contributed by atoms with Gasteiger partial charge in [-0.1, -0.05) is 33.8 Å². The van der Waals surface area contributed by atoms with Gasteiger partial charge in [-0.05, 0) is 42.0 Å². The summed E-state index contributed by atoms with van der Waals surface area (Å²) in [4.78, 5) is 0. The number of aromatic hydroxyl groups is 1. The summed E-state index contributed by atoms with van der Waals surface area (Å²) in [5, 5.41) is 9.68. The zero-order chi connectivity index (χ0) is 12.3. The third kappa shape index (κ3) is 4.93. The first-order valence-electron chi connectivity index (χ1n) is 5.80. The molecule has 0 aliphatic heterocycles. The van der Waals surface area contributed by atoms with Crippen LogP contribution >= 0.6 is 12.6 Å². The summed E-state index contributed by atoms with van der Waals surface area (Å²) in [6.07, 6.45) is 1.88. The molecule has 0 radical (unpaired) electrons. The molecule has 0 aliphatic carbocycles. The van der Waals surface area contributed by atoms with Gasteiger partial charge in [0.1, 0.15) is 5.75 Å². The van der Waals surface area contributed by atoms with Crippen LogP contribution in [0.1, 0.15) is 38.8 Å². The highest BCUT2D eigenvalue weighted by molar-refractivity contribution is 7.81. The van der Waals surface area contributed by atoms with Crippen molar-refractivity contribution in [1.82, 2.24) is 0 Å². The fourth-order valence-electron chi connectivity index (χ4n) is 1.93. The van der Waals surface area contributed by atoms with Gasteiger partial charge in [-0.25, -0.2) is 0 Å². The average Bonchev–Trinajstić information content (AvgIpc) is 1.96. The van der Waals surface area contributed by atoms with Crippen LogP contribution in [-0.4, -0.2) is 9.85 Å². The van der Waals surface area contributed by atoms with E-state index in [2.05, 4.69) is 46.4 Å². The predicted octanol–water partition coefficient (Wildman–Crippen LogP) is 3.84. The van der Waals surface area contributed by atoms with Crippen LogP contribution in [0.25, 0.3) is 0 Å². The molecule has 0 aromatic heterocycles. The van der Waals surface area contributed by atoms with Gasteiger partial charge in [0.05, 0.1) is 0 Å². The van der Waals surface area contributed by atoms with Gasteiger partial charge in [0.2, 0.25) is 0 Å². The molecule has 1 N–H and O–H groups in total. The SMILES string of the molecule is CC(C)Cc1cc(O)cc(CC(C)(C)S)c1. The Hall–Kier alpha value is -0.630. The third-order valence-corrected chi connectivity index (χ3v) is 2.48. The Labute approximate surface area is 104 Å². The van der Waals surface area contributed by atoms with Gasteiger partial charge >= 0.3 is 0 Å². The number of phenols is 1. The van der Waals surface area contributed by atoms with Crippen molar-refractivity contribution in [3.05, 3.63) is 29.3 Å². The molecule has 2 heteroatoms. The molecule has 0 bridgehead atoms. The van der Waals surface area contributed by atoms with E-state index in [4.69, 9.17) is 0 Å². The number of rotatable bonds is 4. The van der Waals surface area contributed by atoms with Crippen molar-refractivity contribution in [1.29, 1.82) is 0 Å². The van der Waals surface area contributed by atoms with Crippen molar-refractivity contribution >= 4 is 12.6 Å². The van der Waals surface area contributed by atoms with Gasteiger partial charge in [-0.3, -0.25) is 0 Å². The predicted molar refractivity (Wildman–Crippen MR) is 73.4 cm³/mol. The topological polar surface area (TPSA) is 20.2 Å². The second kappa shape index (κ2) is 5.13. The highest BCUT2D eigenvalue weighted by Gasteiger charge is 2.13. The number of hydrogen-bond acceptors (Lipinski definition) is 2. The van der Waals surface area contributed by atoms with Gasteiger partial charge in [0.15, 0.2) is 0 Å². The smallest absolute Gasteiger partial charge is 0.116 e. The largest absolute Gasteiger partial charge is 0.508 e. The Balaban J connectivity index is 2.90. The summed E-state index contributed by atoms with van der Waals surface area (Å²) in [6, 6.07) is 5.87. The quantitative estimate of drug-likeness (QED) is 0.764. The van der Waals surface area contributed by atoms with Crippen LogP contribution in [0, 0.1) is 5.92 Å². The maximum Gasteiger partial charge on any atom is 0.116 e. The highest BCUT2D eigenvalue weighted by atomic mass is 32.1. The molecule has 0 aliphatic rings. The minimum atomic E-state index is -0.0388. The second-order valence-electron chi connectivity index (χ2n) is 5.59. The molecular formula is C14H22OS. The van der Waals surface area contributed by atoms with Gasteiger partial charge in [0.25, 0.3) is 0 Å². The maximum atomic E-state index is 9.68.